The third-order valence-corrected chi connectivity index (χ3v) is 18.1. The molecule has 0 saturated carbocycles. The third kappa shape index (κ3) is 2.85. The number of halogens is 1. The van der Waals surface area contributed by atoms with Gasteiger partial charge in [-0.1, -0.05) is 0 Å². The van der Waals surface area contributed by atoms with E-state index in [0.29, 0.717) is 0 Å². The summed E-state index contributed by atoms with van der Waals surface area (Å²) < 4.78 is 0. The van der Waals surface area contributed by atoms with Gasteiger partial charge in [-0.3, -0.25) is 0 Å². The Labute approximate surface area is 138 Å². The van der Waals surface area contributed by atoms with Crippen LogP contribution in [0.15, 0.2) is 85.1 Å². The van der Waals surface area contributed by atoms with Gasteiger partial charge >= 0.3 is 139 Å². The minimum absolute atomic E-state index is 0.403. The second kappa shape index (κ2) is 6.87. The van der Waals surface area contributed by atoms with Crippen molar-refractivity contribution in [1.29, 1.82) is 0 Å². The standard InChI is InChI=1S/C17H14NP.Au.ClH/c1-3-9-15(10-4-1)19(16-11-5-2-6-12-16)17-13-7-8-14-18-17;;/h1-14H;;1H. The van der Waals surface area contributed by atoms with Crippen molar-refractivity contribution in [1.82, 2.24) is 4.98 Å². The first-order valence-electron chi connectivity index (χ1n) is 6.61. The molecule has 0 bridgehead atoms. The normalized spacial score (nSPS) is 12.2. The van der Waals surface area contributed by atoms with Crippen molar-refractivity contribution in [2.75, 3.05) is 0 Å². The third-order valence-electron chi connectivity index (χ3n) is 3.38. The molecule has 21 heavy (non-hydrogen) atoms. The minimum atomic E-state index is -2.15. The van der Waals surface area contributed by atoms with Crippen molar-refractivity contribution in [3.8, 4) is 0 Å². The fraction of sp³-hybridized carbons (Fsp3) is 0. The Balaban J connectivity index is 2.29. The molecule has 0 spiro atoms. The topological polar surface area (TPSA) is 12.9 Å². The fourth-order valence-electron chi connectivity index (χ4n) is 2.42. The predicted octanol–water partition coefficient (Wildman–Crippen LogP) is 3.26. The van der Waals surface area contributed by atoms with Crippen LogP contribution in [-0.2, 0) is 18.1 Å². The molecular weight excluding hydrogens is 482 g/mol. The summed E-state index contributed by atoms with van der Waals surface area (Å²) in [6, 6.07) is 27.4. The van der Waals surface area contributed by atoms with Gasteiger partial charge in [0, 0.05) is 0 Å². The van der Waals surface area contributed by atoms with E-state index in [9.17, 15) is 0 Å². The first-order valence-corrected chi connectivity index (χ1v) is 14.3. The van der Waals surface area contributed by atoms with Gasteiger partial charge in [0.2, 0.25) is 0 Å². The van der Waals surface area contributed by atoms with E-state index in [1.807, 2.05) is 12.3 Å². The monoisotopic (exact) mass is 496 g/mol. The van der Waals surface area contributed by atoms with Crippen LogP contribution in [0, 0.1) is 0 Å². The zero-order chi connectivity index (χ0) is 14.5. The quantitative estimate of drug-likeness (QED) is 0.399. The second-order valence-electron chi connectivity index (χ2n) is 4.61. The van der Waals surface area contributed by atoms with Gasteiger partial charge in [0.1, 0.15) is 0 Å². The molecule has 1 nitrogen and oxygen atoms in total. The van der Waals surface area contributed by atoms with Crippen molar-refractivity contribution in [3.63, 3.8) is 0 Å². The van der Waals surface area contributed by atoms with E-state index >= 15 is 0 Å². The van der Waals surface area contributed by atoms with E-state index in [2.05, 4.69) is 77.8 Å². The summed E-state index contributed by atoms with van der Waals surface area (Å²) in [5, 5.41) is 0.533. The van der Waals surface area contributed by atoms with E-state index in [1.165, 1.54) is 10.6 Å². The molecule has 3 aromatic rings. The van der Waals surface area contributed by atoms with Crippen LogP contribution >= 0.6 is 14.3 Å². The molecule has 2 aromatic carbocycles. The average molecular weight is 497 g/mol. The summed E-state index contributed by atoms with van der Waals surface area (Å²) in [6.45, 7) is 0. The summed E-state index contributed by atoms with van der Waals surface area (Å²) in [6.07, 6.45) is 1.87. The number of rotatable bonds is 4. The van der Waals surface area contributed by atoms with Crippen LogP contribution in [-0.4, -0.2) is 4.98 Å². The fourth-order valence-corrected chi connectivity index (χ4v) is 15.2. The van der Waals surface area contributed by atoms with Crippen LogP contribution in [0.3, 0.4) is 0 Å². The van der Waals surface area contributed by atoms with Crippen LogP contribution in [0.25, 0.3) is 0 Å². The van der Waals surface area contributed by atoms with Gasteiger partial charge in [0.15, 0.2) is 0 Å². The van der Waals surface area contributed by atoms with Crippen molar-refractivity contribution >= 4 is 30.4 Å². The summed E-state index contributed by atoms with van der Waals surface area (Å²) in [4.78, 5) is 4.68. The molecule has 0 aliphatic rings. The van der Waals surface area contributed by atoms with E-state index < -0.39 is 23.3 Å². The van der Waals surface area contributed by atoms with Gasteiger partial charge in [0.25, 0.3) is 0 Å². The maximum absolute atomic E-state index is 6.65. The van der Waals surface area contributed by atoms with Gasteiger partial charge in [-0.05, 0) is 0 Å². The summed E-state index contributed by atoms with van der Waals surface area (Å²) in [5.41, 5.74) is 1.15. The van der Waals surface area contributed by atoms with Gasteiger partial charge in [-0.2, -0.15) is 0 Å². The Hall–Kier alpha value is -0.950. The molecular formula is C17H15AuClNP. The first kappa shape index (κ1) is 15.0. The van der Waals surface area contributed by atoms with Crippen molar-refractivity contribution in [2.45, 2.75) is 0 Å². The van der Waals surface area contributed by atoms with Gasteiger partial charge in [-0.25, -0.2) is 0 Å². The zero-order valence-electron chi connectivity index (χ0n) is 11.2. The molecule has 0 saturated heterocycles. The van der Waals surface area contributed by atoms with E-state index in [4.69, 9.17) is 9.19 Å². The molecule has 4 heteroatoms. The van der Waals surface area contributed by atoms with Crippen LogP contribution < -0.4 is 16.0 Å². The molecule has 0 unspecified atom stereocenters. The number of aromatic nitrogens is 1. The number of hydrogen-bond acceptors (Lipinski definition) is 1. The summed E-state index contributed by atoms with van der Waals surface area (Å²) >= 11 is -0.403. The van der Waals surface area contributed by atoms with Crippen LogP contribution in [0.4, 0.5) is 0 Å². The molecule has 0 N–H and O–H groups in total. The molecule has 111 valence electrons. The van der Waals surface area contributed by atoms with Crippen molar-refractivity contribution < 1.29 is 18.1 Å². The second-order valence-corrected chi connectivity index (χ2v) is 16.5. The molecule has 0 aliphatic heterocycles. The van der Waals surface area contributed by atoms with Crippen LogP contribution in [0.2, 0.25) is 0 Å². The van der Waals surface area contributed by atoms with E-state index in [0.717, 1.165) is 5.44 Å². The van der Waals surface area contributed by atoms with Gasteiger partial charge in [-0.15, -0.1) is 0 Å². The zero-order valence-corrected chi connectivity index (χ0v) is 15.1. The Morgan fingerprint density at radius 2 is 1.24 bits per heavy atom. The number of benzene rings is 2. The molecule has 1 heterocycles. The molecule has 0 atom stereocenters. The van der Waals surface area contributed by atoms with Gasteiger partial charge < -0.3 is 0 Å². The Morgan fingerprint density at radius 3 is 1.67 bits per heavy atom. The average Bonchev–Trinajstić information content (AvgIpc) is 2.59. The SMILES string of the molecule is [Cl][Au][PH](c1ccccc1)(c1ccccc1)c1ccccn1. The molecule has 3 rings (SSSR count). The van der Waals surface area contributed by atoms with Gasteiger partial charge in [0.05, 0.1) is 0 Å². The molecule has 0 radical (unpaired) electrons. The van der Waals surface area contributed by atoms with E-state index in [1.54, 1.807) is 0 Å². The molecule has 0 amide bonds. The van der Waals surface area contributed by atoms with Crippen LogP contribution in [0.5, 0.6) is 0 Å². The summed E-state index contributed by atoms with van der Waals surface area (Å²) in [7, 11) is 6.65. The molecule has 0 aliphatic carbocycles. The number of nitrogens with zero attached hydrogens (tertiary/aromatic N) is 1. The molecule has 1 aromatic heterocycles. The van der Waals surface area contributed by atoms with Crippen molar-refractivity contribution in [3.05, 3.63) is 85.1 Å². The number of hydrogen-bond donors (Lipinski definition) is 0. The number of pyridine rings is 1. The Bertz CT molecular complexity index is 595. The predicted molar refractivity (Wildman–Crippen MR) is 90.2 cm³/mol. The van der Waals surface area contributed by atoms with Crippen molar-refractivity contribution in [2.24, 2.45) is 0 Å². The maximum atomic E-state index is 6.65. The summed E-state index contributed by atoms with van der Waals surface area (Å²) in [5.74, 6) is 0. The Morgan fingerprint density at radius 1 is 0.714 bits per heavy atom. The molecule has 0 fully saturated rings. The van der Waals surface area contributed by atoms with Crippen LogP contribution in [0.1, 0.15) is 0 Å². The first-order chi connectivity index (χ1) is 10.4. The van der Waals surface area contributed by atoms with E-state index in [-0.39, 0.29) is 0 Å². The Kier molecular flexibility index (Phi) is 4.90.